The topological polar surface area (TPSA) is 146 Å². The van der Waals surface area contributed by atoms with Crippen molar-refractivity contribution in [2.75, 3.05) is 40.6 Å². The molecule has 13 nitrogen and oxygen atoms in total. The third-order valence-corrected chi connectivity index (χ3v) is 8.46. The van der Waals surface area contributed by atoms with Crippen molar-refractivity contribution >= 4 is 57.2 Å². The zero-order valence-electron chi connectivity index (χ0n) is 24.0. The highest BCUT2D eigenvalue weighted by Gasteiger charge is 2.25. The molecular formula is C30H29ClN10O3. The van der Waals surface area contributed by atoms with Crippen LogP contribution in [0.25, 0.3) is 16.7 Å². The number of likely N-dealkylation sites (N-methyl/N-ethyl adjacent to an activating group) is 1. The minimum absolute atomic E-state index is 0.0738. The molecule has 0 unspecified atom stereocenters. The van der Waals surface area contributed by atoms with E-state index in [-0.39, 0.29) is 11.9 Å². The number of benzene rings is 2. The van der Waals surface area contributed by atoms with Crippen molar-refractivity contribution in [2.24, 2.45) is 7.05 Å². The molecule has 224 valence electrons. The Bertz CT molecular complexity index is 2040. The number of nitrogens with zero attached hydrogens (tertiary/aromatic N) is 7. The molecule has 1 saturated heterocycles. The Labute approximate surface area is 256 Å². The predicted octanol–water partition coefficient (Wildman–Crippen LogP) is 3.20. The summed E-state index contributed by atoms with van der Waals surface area (Å²) in [4.78, 5) is 51.2. The van der Waals surface area contributed by atoms with E-state index in [4.69, 9.17) is 16.6 Å². The van der Waals surface area contributed by atoms with Crippen LogP contribution in [0, 0.1) is 0 Å². The highest BCUT2D eigenvalue weighted by Crippen LogP contribution is 2.33. The Morgan fingerprint density at radius 1 is 1.00 bits per heavy atom. The van der Waals surface area contributed by atoms with Gasteiger partial charge in [0.15, 0.2) is 11.6 Å². The second-order valence-electron chi connectivity index (χ2n) is 11.0. The first kappa shape index (κ1) is 27.7. The third kappa shape index (κ3) is 5.04. The van der Waals surface area contributed by atoms with E-state index in [0.717, 1.165) is 59.5 Å². The van der Waals surface area contributed by atoms with E-state index in [0.29, 0.717) is 29.0 Å². The number of amides is 1. The summed E-state index contributed by atoms with van der Waals surface area (Å²) >= 11 is 6.45. The van der Waals surface area contributed by atoms with Crippen molar-refractivity contribution in [3.05, 3.63) is 86.3 Å². The van der Waals surface area contributed by atoms with Crippen LogP contribution in [0.15, 0.2) is 64.4 Å². The van der Waals surface area contributed by atoms with Gasteiger partial charge < -0.3 is 20.4 Å². The molecule has 3 N–H and O–H groups in total. The molecule has 1 amide bonds. The van der Waals surface area contributed by atoms with E-state index in [9.17, 15) is 14.4 Å². The maximum atomic E-state index is 12.3. The molecule has 0 radical (unpaired) electrons. The van der Waals surface area contributed by atoms with E-state index in [1.54, 1.807) is 22.8 Å². The summed E-state index contributed by atoms with van der Waals surface area (Å²) in [7, 11) is 3.61. The van der Waals surface area contributed by atoms with E-state index in [1.165, 1.54) is 16.8 Å². The molecule has 2 aliphatic heterocycles. The summed E-state index contributed by atoms with van der Waals surface area (Å²) in [5.41, 5.74) is 3.52. The molecule has 5 aromatic rings. The number of anilines is 5. The lowest BCUT2D eigenvalue weighted by atomic mass is 10.0. The largest absolute Gasteiger partial charge is 0.382 e. The van der Waals surface area contributed by atoms with Gasteiger partial charge in [-0.15, -0.1) is 0 Å². The Hall–Kier alpha value is -5.17. The number of H-pyrrole nitrogens is 1. The molecular weight excluding hydrogens is 584 g/mol. The minimum Gasteiger partial charge on any atom is -0.382 e. The molecule has 14 heteroatoms. The van der Waals surface area contributed by atoms with Crippen LogP contribution in [0.1, 0.15) is 18.4 Å². The van der Waals surface area contributed by atoms with E-state index >= 15 is 0 Å². The van der Waals surface area contributed by atoms with Crippen LogP contribution >= 0.6 is 11.6 Å². The number of fused-ring (bicyclic) bond motifs is 2. The van der Waals surface area contributed by atoms with Crippen LogP contribution in [0.4, 0.5) is 28.8 Å². The lowest BCUT2D eigenvalue weighted by molar-refractivity contribution is -0.117. The lowest BCUT2D eigenvalue weighted by Gasteiger charge is -2.33. The van der Waals surface area contributed by atoms with E-state index < -0.39 is 11.2 Å². The quantitative estimate of drug-likeness (QED) is 0.263. The monoisotopic (exact) mass is 612 g/mol. The maximum Gasteiger partial charge on any atom is 0.334 e. The van der Waals surface area contributed by atoms with Crippen LogP contribution in [-0.2, 0) is 18.3 Å². The number of aromatic amines is 1. The summed E-state index contributed by atoms with van der Waals surface area (Å²) in [6, 6.07) is 13.3. The number of aromatic nitrogens is 6. The van der Waals surface area contributed by atoms with Gasteiger partial charge in [0.25, 0.3) is 5.56 Å². The second kappa shape index (κ2) is 10.8. The van der Waals surface area contributed by atoms with Crippen molar-refractivity contribution in [2.45, 2.75) is 25.3 Å². The summed E-state index contributed by atoms with van der Waals surface area (Å²) in [6.45, 7) is 1.53. The summed E-state index contributed by atoms with van der Waals surface area (Å²) < 4.78 is 3.05. The smallest absolute Gasteiger partial charge is 0.334 e. The molecule has 0 aliphatic carbocycles. The van der Waals surface area contributed by atoms with Crippen molar-refractivity contribution < 1.29 is 4.79 Å². The van der Waals surface area contributed by atoms with Gasteiger partial charge in [-0.1, -0.05) is 11.6 Å². The van der Waals surface area contributed by atoms with Gasteiger partial charge in [0.05, 0.1) is 18.1 Å². The summed E-state index contributed by atoms with van der Waals surface area (Å²) in [6.07, 6.45) is 5.18. The van der Waals surface area contributed by atoms with Crippen LogP contribution in [0.2, 0.25) is 5.02 Å². The molecule has 0 spiro atoms. The number of hydrogen-bond acceptors (Lipinski definition) is 9. The van der Waals surface area contributed by atoms with Gasteiger partial charge in [-0.2, -0.15) is 10.1 Å². The zero-order chi connectivity index (χ0) is 30.5. The molecule has 0 atom stereocenters. The molecule has 3 aromatic heterocycles. The maximum absolute atomic E-state index is 12.3. The fraction of sp³-hybridized carbons (Fsp3) is 0.267. The standard InChI is InChI=1S/C30H29ClN10O3/c1-38-23-6-4-19(13-17(23)14-26(38)43)34-27-22(31)16-32-29(36-27)40-10-7-18(8-11-40)33-20-3-5-21-24(15-20)39(2)37-28(21)41-12-9-25(42)35-30(41)44/h3-6,9,12-13,15-16,18,33H,7-8,10-11,14H2,1-2H3,(H,32,34,36)(H,35,42,44). The highest BCUT2D eigenvalue weighted by atomic mass is 35.5. The van der Waals surface area contributed by atoms with Crippen molar-refractivity contribution in [1.82, 2.24) is 29.3 Å². The highest BCUT2D eigenvalue weighted by molar-refractivity contribution is 6.32. The number of piperidine rings is 1. The van der Waals surface area contributed by atoms with Gasteiger partial charge >= 0.3 is 5.69 Å². The predicted molar refractivity (Wildman–Crippen MR) is 170 cm³/mol. The third-order valence-electron chi connectivity index (χ3n) is 8.18. The Morgan fingerprint density at radius 2 is 1.80 bits per heavy atom. The number of carbonyl (C=O) groups excluding carboxylic acids is 1. The molecule has 0 saturated carbocycles. The van der Waals surface area contributed by atoms with Gasteiger partial charge in [-0.05, 0) is 54.8 Å². The van der Waals surface area contributed by atoms with Crippen LogP contribution < -0.4 is 31.7 Å². The second-order valence-corrected chi connectivity index (χ2v) is 11.4. The van der Waals surface area contributed by atoms with Crippen LogP contribution in [0.3, 0.4) is 0 Å². The van der Waals surface area contributed by atoms with Gasteiger partial charge in [-0.25, -0.2) is 9.78 Å². The first-order chi connectivity index (χ1) is 21.2. The zero-order valence-corrected chi connectivity index (χ0v) is 24.8. The van der Waals surface area contributed by atoms with Gasteiger partial charge in [-0.3, -0.25) is 23.8 Å². The molecule has 1 fully saturated rings. The molecule has 7 rings (SSSR count). The number of nitrogens with one attached hydrogen (secondary N) is 3. The number of rotatable bonds is 6. The van der Waals surface area contributed by atoms with Gasteiger partial charge in [0.1, 0.15) is 5.02 Å². The molecule has 2 aromatic carbocycles. The SMILES string of the molecule is CN1C(=O)Cc2cc(Nc3nc(N4CCC(Nc5ccc6c(-n7ccc(=O)[nH]c7=O)nn(C)c6c5)CC4)ncc3Cl)ccc21. The van der Waals surface area contributed by atoms with E-state index in [2.05, 4.69) is 30.6 Å². The van der Waals surface area contributed by atoms with Crippen molar-refractivity contribution in [1.29, 1.82) is 0 Å². The fourth-order valence-corrected chi connectivity index (χ4v) is 5.97. The fourth-order valence-electron chi connectivity index (χ4n) is 5.83. The minimum atomic E-state index is -0.534. The van der Waals surface area contributed by atoms with Crippen molar-refractivity contribution in [3.63, 3.8) is 0 Å². The molecule has 0 bridgehead atoms. The molecule has 2 aliphatic rings. The normalized spacial score (nSPS) is 15.2. The Kier molecular flexibility index (Phi) is 6.81. The molecule has 5 heterocycles. The summed E-state index contributed by atoms with van der Waals surface area (Å²) in [5, 5.41) is 12.7. The first-order valence-electron chi connectivity index (χ1n) is 14.2. The Balaban J connectivity index is 1.02. The van der Waals surface area contributed by atoms with Crippen molar-refractivity contribution in [3.8, 4) is 5.82 Å². The number of hydrogen-bond donors (Lipinski definition) is 3. The average molecular weight is 613 g/mol. The van der Waals surface area contributed by atoms with Crippen LogP contribution in [0.5, 0.6) is 0 Å². The van der Waals surface area contributed by atoms with E-state index in [1.807, 2.05) is 43.4 Å². The number of halogens is 1. The number of carbonyl (C=O) groups is 1. The lowest BCUT2D eigenvalue weighted by Crippen LogP contribution is -2.40. The average Bonchev–Trinajstić information content (AvgIpc) is 3.48. The Morgan fingerprint density at radius 3 is 2.59 bits per heavy atom. The van der Waals surface area contributed by atoms with Gasteiger partial charge in [0, 0.05) is 67.9 Å². The number of aryl methyl sites for hydroxylation is 1. The summed E-state index contributed by atoms with van der Waals surface area (Å²) in [5.74, 6) is 1.65. The molecule has 44 heavy (non-hydrogen) atoms. The van der Waals surface area contributed by atoms with Gasteiger partial charge in [0.2, 0.25) is 11.9 Å². The van der Waals surface area contributed by atoms with Crippen LogP contribution in [-0.4, -0.2) is 61.4 Å². The first-order valence-corrected chi connectivity index (χ1v) is 14.6.